The lowest BCUT2D eigenvalue weighted by molar-refractivity contribution is 0.0224. The van der Waals surface area contributed by atoms with Crippen molar-refractivity contribution in [3.8, 4) is 23.1 Å². The lowest BCUT2D eigenvalue weighted by Crippen LogP contribution is -2.41. The van der Waals surface area contributed by atoms with Crippen LogP contribution in [-0.2, 0) is 4.74 Å². The van der Waals surface area contributed by atoms with Crippen LogP contribution in [0, 0.1) is 17.3 Å². The number of aromatic nitrogens is 4. The summed E-state index contributed by atoms with van der Waals surface area (Å²) < 4.78 is 5.65. The van der Waals surface area contributed by atoms with Crippen LogP contribution < -0.4 is 0 Å². The Morgan fingerprint density at radius 2 is 1.70 bits per heavy atom. The molecule has 50 heavy (non-hydrogen) atoms. The molecular weight excluding hydrogens is 641 g/mol. The van der Waals surface area contributed by atoms with Crippen LogP contribution in [0.4, 0.5) is 4.79 Å². The van der Waals surface area contributed by atoms with Gasteiger partial charge in [-0.05, 0) is 108 Å². The molecule has 3 atom stereocenters. The minimum atomic E-state index is -0.542. The van der Waals surface area contributed by atoms with Gasteiger partial charge in [-0.2, -0.15) is 12.6 Å². The SMILES string of the molecule is CC=C(CCC(C)(C)C)N1CCCC1c1ncc(-c2ccc(C#Cc3ccc4nc(C(S)C5CCCN5C(=O)OC(C)(C)C)[nH]c4c3)cc2)[nH]1. The van der Waals surface area contributed by atoms with Crippen molar-refractivity contribution in [3.63, 3.8) is 0 Å². The van der Waals surface area contributed by atoms with Crippen LogP contribution in [0.5, 0.6) is 0 Å². The van der Waals surface area contributed by atoms with Gasteiger partial charge in [0.05, 0.1) is 40.3 Å². The van der Waals surface area contributed by atoms with Crippen LogP contribution in [0.2, 0.25) is 0 Å². The molecule has 4 aromatic rings. The third-order valence-electron chi connectivity index (χ3n) is 9.62. The highest BCUT2D eigenvalue weighted by Crippen LogP contribution is 2.38. The zero-order chi connectivity index (χ0) is 35.6. The molecule has 1 amide bonds. The first kappa shape index (κ1) is 35.7. The molecule has 0 bridgehead atoms. The summed E-state index contributed by atoms with van der Waals surface area (Å²) in [6.07, 6.45) is 10.3. The second kappa shape index (κ2) is 14.6. The predicted octanol–water partition coefficient (Wildman–Crippen LogP) is 9.59. The molecule has 6 rings (SSSR count). The molecule has 2 aliphatic heterocycles. The molecule has 2 fully saturated rings. The summed E-state index contributed by atoms with van der Waals surface area (Å²) in [5.74, 6) is 8.42. The van der Waals surface area contributed by atoms with Gasteiger partial charge in [0, 0.05) is 29.9 Å². The maximum Gasteiger partial charge on any atom is 0.410 e. The summed E-state index contributed by atoms with van der Waals surface area (Å²) >= 11 is 4.91. The largest absolute Gasteiger partial charge is 0.444 e. The first-order valence-electron chi connectivity index (χ1n) is 18.0. The van der Waals surface area contributed by atoms with Gasteiger partial charge in [-0.25, -0.2) is 14.8 Å². The monoisotopic (exact) mass is 692 g/mol. The number of hydrogen-bond acceptors (Lipinski definition) is 6. The minimum Gasteiger partial charge on any atom is -0.444 e. The van der Waals surface area contributed by atoms with Crippen molar-refractivity contribution in [2.24, 2.45) is 5.41 Å². The van der Waals surface area contributed by atoms with E-state index in [9.17, 15) is 4.79 Å². The van der Waals surface area contributed by atoms with E-state index in [1.807, 2.05) is 45.2 Å². The first-order valence-corrected chi connectivity index (χ1v) is 18.6. The molecule has 2 aliphatic rings. The lowest BCUT2D eigenvalue weighted by Gasteiger charge is -2.30. The Kier molecular flexibility index (Phi) is 10.4. The van der Waals surface area contributed by atoms with Crippen LogP contribution in [0.1, 0.15) is 121 Å². The van der Waals surface area contributed by atoms with Crippen LogP contribution >= 0.6 is 12.6 Å². The zero-order valence-electron chi connectivity index (χ0n) is 30.6. The lowest BCUT2D eigenvalue weighted by atomic mass is 9.89. The van der Waals surface area contributed by atoms with Gasteiger partial charge in [-0.1, -0.05) is 50.8 Å². The predicted molar refractivity (Wildman–Crippen MR) is 205 cm³/mol. The Morgan fingerprint density at radius 3 is 2.42 bits per heavy atom. The smallest absolute Gasteiger partial charge is 0.410 e. The molecule has 2 saturated heterocycles. The van der Waals surface area contributed by atoms with E-state index < -0.39 is 5.60 Å². The van der Waals surface area contributed by atoms with Crippen molar-refractivity contribution in [3.05, 3.63) is 83.2 Å². The van der Waals surface area contributed by atoms with Gasteiger partial charge in [-0.15, -0.1) is 0 Å². The highest BCUT2D eigenvalue weighted by molar-refractivity contribution is 7.80. The van der Waals surface area contributed by atoms with Gasteiger partial charge in [0.1, 0.15) is 17.2 Å². The molecule has 0 aliphatic carbocycles. The molecule has 2 N–H and O–H groups in total. The quantitative estimate of drug-likeness (QED) is 0.133. The molecule has 264 valence electrons. The molecule has 9 heteroatoms. The van der Waals surface area contributed by atoms with Crippen molar-refractivity contribution in [1.82, 2.24) is 29.7 Å². The van der Waals surface area contributed by atoms with E-state index in [1.54, 1.807) is 4.90 Å². The number of benzene rings is 2. The highest BCUT2D eigenvalue weighted by Gasteiger charge is 2.37. The van der Waals surface area contributed by atoms with E-state index in [0.717, 1.165) is 77.3 Å². The number of allylic oxidation sites excluding steroid dienone is 2. The number of thiol groups is 1. The number of aromatic amines is 2. The Balaban J connectivity index is 1.11. The Morgan fingerprint density at radius 1 is 1.00 bits per heavy atom. The summed E-state index contributed by atoms with van der Waals surface area (Å²) in [5.41, 5.74) is 6.90. The van der Waals surface area contributed by atoms with E-state index in [1.165, 1.54) is 18.5 Å². The summed E-state index contributed by atoms with van der Waals surface area (Å²) in [6, 6.07) is 14.5. The van der Waals surface area contributed by atoms with Crippen molar-refractivity contribution in [2.45, 2.75) is 110 Å². The number of imidazole rings is 2. The van der Waals surface area contributed by atoms with Crippen LogP contribution in [0.15, 0.2) is 60.4 Å². The Bertz CT molecular complexity index is 1900. The van der Waals surface area contributed by atoms with Gasteiger partial charge < -0.3 is 24.5 Å². The van der Waals surface area contributed by atoms with Crippen molar-refractivity contribution in [1.29, 1.82) is 0 Å². The fourth-order valence-corrected chi connectivity index (χ4v) is 7.41. The van der Waals surface area contributed by atoms with Gasteiger partial charge in [-0.3, -0.25) is 0 Å². The van der Waals surface area contributed by atoms with E-state index in [-0.39, 0.29) is 23.4 Å². The second-order valence-electron chi connectivity index (χ2n) is 15.9. The third kappa shape index (κ3) is 8.40. The van der Waals surface area contributed by atoms with E-state index >= 15 is 0 Å². The number of carbonyl (C=O) groups excluding carboxylic acids is 1. The molecule has 0 radical (unpaired) electrons. The Hall–Kier alpha value is -4.16. The number of nitrogens with one attached hydrogen (secondary N) is 2. The number of amides is 1. The average Bonchev–Trinajstić information content (AvgIpc) is 3.88. The molecule has 2 aromatic carbocycles. The van der Waals surface area contributed by atoms with Crippen molar-refractivity contribution < 1.29 is 9.53 Å². The first-order chi connectivity index (χ1) is 23.8. The van der Waals surface area contributed by atoms with Crippen molar-refractivity contribution >= 4 is 29.8 Å². The van der Waals surface area contributed by atoms with Gasteiger partial charge >= 0.3 is 6.09 Å². The van der Waals surface area contributed by atoms with E-state index in [2.05, 4.69) is 84.7 Å². The van der Waals surface area contributed by atoms with Crippen LogP contribution in [-0.4, -0.2) is 60.6 Å². The highest BCUT2D eigenvalue weighted by atomic mass is 32.1. The number of fused-ring (bicyclic) bond motifs is 1. The maximum absolute atomic E-state index is 12.9. The van der Waals surface area contributed by atoms with Gasteiger partial charge in [0.15, 0.2) is 0 Å². The fraction of sp³-hybridized carbons (Fsp3) is 0.488. The zero-order valence-corrected chi connectivity index (χ0v) is 31.5. The molecular formula is C41H52N6O2S. The summed E-state index contributed by atoms with van der Waals surface area (Å²) in [5, 5.41) is -0.252. The minimum absolute atomic E-state index is 0.0869. The number of H-pyrrole nitrogens is 2. The number of hydrogen-bond donors (Lipinski definition) is 3. The number of carbonyl (C=O) groups is 1. The summed E-state index contributed by atoms with van der Waals surface area (Å²) in [4.78, 5) is 33.9. The van der Waals surface area contributed by atoms with E-state index in [0.29, 0.717) is 12.0 Å². The standard InChI is InChI=1S/C41H52N6O2S/c1-8-30(21-22-40(2,3)4)46-23-10-12-35(46)37-42-26-33(45-37)29-18-15-27(16-19-29)13-14-28-17-20-31-32(25-28)44-38(43-31)36(50)34-11-9-24-47(34)39(48)49-41(5,6)7/h8,15-20,25-26,34-36,50H,9-12,21-24H2,1-7H3,(H,42,45)(H,43,44). The molecule has 0 saturated carbocycles. The maximum atomic E-state index is 12.9. The van der Waals surface area contributed by atoms with Crippen molar-refractivity contribution in [2.75, 3.05) is 13.1 Å². The van der Waals surface area contributed by atoms with Crippen LogP contribution in [0.25, 0.3) is 22.3 Å². The Labute approximate surface area is 302 Å². The molecule has 8 nitrogen and oxygen atoms in total. The summed E-state index contributed by atoms with van der Waals surface area (Å²) in [6.45, 7) is 16.5. The van der Waals surface area contributed by atoms with Gasteiger partial charge in [0.2, 0.25) is 0 Å². The van der Waals surface area contributed by atoms with Crippen LogP contribution in [0.3, 0.4) is 0 Å². The van der Waals surface area contributed by atoms with Gasteiger partial charge in [0.25, 0.3) is 0 Å². The fourth-order valence-electron chi connectivity index (χ4n) is 6.98. The number of rotatable bonds is 7. The molecule has 4 heterocycles. The molecule has 2 aromatic heterocycles. The summed E-state index contributed by atoms with van der Waals surface area (Å²) in [7, 11) is 0. The average molecular weight is 693 g/mol. The number of nitrogens with zero attached hydrogens (tertiary/aromatic N) is 4. The normalized spacial score (nSPS) is 19.2. The number of likely N-dealkylation sites (tertiary alicyclic amines) is 2. The molecule has 3 unspecified atom stereocenters. The number of ether oxygens (including phenoxy) is 1. The third-order valence-corrected chi connectivity index (χ3v) is 10.2. The second-order valence-corrected chi connectivity index (χ2v) is 16.4. The topological polar surface area (TPSA) is 90.1 Å². The van der Waals surface area contributed by atoms with E-state index in [4.69, 9.17) is 27.3 Å². The molecule has 0 spiro atoms.